The number of likely N-dealkylation sites (tertiary alicyclic amines) is 1. The van der Waals surface area contributed by atoms with Crippen molar-refractivity contribution in [1.82, 2.24) is 9.88 Å². The summed E-state index contributed by atoms with van der Waals surface area (Å²) in [6.45, 7) is 1.79. The summed E-state index contributed by atoms with van der Waals surface area (Å²) in [5, 5.41) is 11.0. The van der Waals surface area contributed by atoms with Gasteiger partial charge in [-0.3, -0.25) is 15.0 Å². The van der Waals surface area contributed by atoms with Gasteiger partial charge in [0, 0.05) is 30.4 Å². The Bertz CT molecular complexity index is 1300. The Balaban J connectivity index is 1.69. The van der Waals surface area contributed by atoms with Crippen molar-refractivity contribution in [3.8, 4) is 29.2 Å². The van der Waals surface area contributed by atoms with Gasteiger partial charge in [-0.25, -0.2) is 4.98 Å². The van der Waals surface area contributed by atoms with E-state index in [1.807, 2.05) is 29.2 Å². The van der Waals surface area contributed by atoms with Crippen molar-refractivity contribution in [2.75, 3.05) is 25.5 Å². The van der Waals surface area contributed by atoms with E-state index in [0.717, 1.165) is 30.6 Å². The number of amides is 2. The molecule has 0 aliphatic carbocycles. The third-order valence-corrected chi connectivity index (χ3v) is 5.65. The largest absolute Gasteiger partial charge is 0.496 e. The van der Waals surface area contributed by atoms with Crippen LogP contribution in [0, 0.1) is 17.8 Å². The van der Waals surface area contributed by atoms with E-state index in [-0.39, 0.29) is 22.7 Å². The number of primary amides is 1. The number of methoxy groups -OCH3 is 1. The van der Waals surface area contributed by atoms with Gasteiger partial charge in [0.05, 0.1) is 18.2 Å². The molecule has 4 N–H and O–H groups in total. The molecule has 0 saturated carbocycles. The summed E-state index contributed by atoms with van der Waals surface area (Å²) in [5.74, 6) is 2.05. The van der Waals surface area contributed by atoms with Crippen molar-refractivity contribution in [3.05, 3.63) is 77.0 Å². The first-order valence-electron chi connectivity index (χ1n) is 10.6. The van der Waals surface area contributed by atoms with Crippen molar-refractivity contribution in [2.45, 2.75) is 6.42 Å². The lowest BCUT2D eigenvalue weighted by Crippen LogP contribution is -2.42. The first-order valence-corrected chi connectivity index (χ1v) is 10.6. The molecule has 34 heavy (non-hydrogen) atoms. The molecular formula is C26H23N5O3. The maximum Gasteiger partial charge on any atom is 0.257 e. The first kappa shape index (κ1) is 22.6. The van der Waals surface area contributed by atoms with Crippen LogP contribution in [0.25, 0.3) is 11.1 Å². The van der Waals surface area contributed by atoms with Crippen LogP contribution in [0.2, 0.25) is 0 Å². The Morgan fingerprint density at radius 2 is 1.88 bits per heavy atom. The predicted molar refractivity (Wildman–Crippen MR) is 130 cm³/mol. The molecule has 8 heteroatoms. The highest BCUT2D eigenvalue weighted by Gasteiger charge is 2.23. The normalized spacial score (nSPS) is 12.3. The summed E-state index contributed by atoms with van der Waals surface area (Å²) in [4.78, 5) is 31.4. The van der Waals surface area contributed by atoms with Crippen LogP contribution in [-0.4, -0.2) is 47.7 Å². The molecule has 0 radical (unpaired) electrons. The zero-order valence-electron chi connectivity index (χ0n) is 18.6. The van der Waals surface area contributed by atoms with E-state index in [1.165, 1.54) is 13.3 Å². The van der Waals surface area contributed by atoms with Crippen molar-refractivity contribution in [1.29, 1.82) is 5.41 Å². The van der Waals surface area contributed by atoms with Crippen LogP contribution in [0.1, 0.15) is 38.3 Å². The number of hydrogen-bond donors (Lipinski definition) is 3. The third kappa shape index (κ3) is 4.45. The second kappa shape index (κ2) is 9.46. The molecule has 0 bridgehead atoms. The van der Waals surface area contributed by atoms with Crippen LogP contribution in [0.15, 0.2) is 54.7 Å². The quantitative estimate of drug-likeness (QED) is 0.301. The third-order valence-electron chi connectivity index (χ3n) is 5.65. The van der Waals surface area contributed by atoms with E-state index in [1.54, 1.807) is 24.3 Å². The molecule has 1 saturated heterocycles. The number of pyridine rings is 1. The number of anilines is 1. The molecule has 0 unspecified atom stereocenters. The molecule has 2 aromatic carbocycles. The molecule has 1 aromatic heterocycles. The number of benzene rings is 2. The van der Waals surface area contributed by atoms with Crippen molar-refractivity contribution >= 4 is 23.5 Å². The monoisotopic (exact) mass is 453 g/mol. The van der Waals surface area contributed by atoms with E-state index in [9.17, 15) is 9.59 Å². The number of carbonyl (C=O) groups is 2. The zero-order chi connectivity index (χ0) is 24.2. The summed E-state index contributed by atoms with van der Waals surface area (Å²) in [6.07, 6.45) is 7.90. The molecule has 2 heterocycles. The van der Waals surface area contributed by atoms with Crippen molar-refractivity contribution in [3.63, 3.8) is 0 Å². The molecule has 8 nitrogen and oxygen atoms in total. The summed E-state index contributed by atoms with van der Waals surface area (Å²) < 4.78 is 5.40. The minimum atomic E-state index is -0.789. The average molecular weight is 454 g/mol. The fourth-order valence-corrected chi connectivity index (χ4v) is 3.66. The van der Waals surface area contributed by atoms with Crippen LogP contribution in [0.5, 0.6) is 5.75 Å². The number of nitrogens with one attached hydrogen (secondary N) is 2. The smallest absolute Gasteiger partial charge is 0.257 e. The van der Waals surface area contributed by atoms with Gasteiger partial charge >= 0.3 is 0 Å². The predicted octanol–water partition coefficient (Wildman–Crippen LogP) is 3.12. The highest BCUT2D eigenvalue weighted by atomic mass is 16.5. The average Bonchev–Trinajstić information content (AvgIpc) is 2.82. The maximum atomic E-state index is 13.1. The molecule has 4 rings (SSSR count). The van der Waals surface area contributed by atoms with Crippen molar-refractivity contribution in [2.24, 2.45) is 5.73 Å². The summed E-state index contributed by atoms with van der Waals surface area (Å²) in [6, 6.07) is 13.9. The van der Waals surface area contributed by atoms with E-state index < -0.39 is 11.8 Å². The topological polar surface area (TPSA) is 121 Å². The minimum absolute atomic E-state index is 0.0276. The number of ether oxygens (including phenoxy) is 1. The number of nitrogens with zero attached hydrogens (tertiary/aromatic N) is 2. The first-order chi connectivity index (χ1) is 16.4. The van der Waals surface area contributed by atoms with Gasteiger partial charge in [0.15, 0.2) is 0 Å². The van der Waals surface area contributed by atoms with Gasteiger partial charge in [-0.1, -0.05) is 30.2 Å². The Hall–Kier alpha value is -4.64. The zero-order valence-corrected chi connectivity index (χ0v) is 18.6. The van der Waals surface area contributed by atoms with E-state index in [2.05, 4.69) is 16.2 Å². The Labute approximate surface area is 197 Å². The molecular weight excluding hydrogens is 430 g/mol. The molecule has 1 fully saturated rings. The van der Waals surface area contributed by atoms with Gasteiger partial charge in [0.2, 0.25) is 0 Å². The number of carbonyl (C=O) groups excluding carboxylic acids is 2. The standard InChI is InChI=1S/C26H23N5O3/c1-3-16-5-10-22(29-15-16)30-26(33)20-13-19(14-21(34-2)23(20)25(28)32)17-6-8-18(9-7-17)24(27)31-11-4-12-31/h1,5-10,13-15,27H,4,11-12H2,2H3,(H2,28,32)(H,29,30,33). The molecule has 2 amide bonds. The highest BCUT2D eigenvalue weighted by molar-refractivity contribution is 6.13. The van der Waals surface area contributed by atoms with Gasteiger partial charge in [-0.15, -0.1) is 6.42 Å². The van der Waals surface area contributed by atoms with Gasteiger partial charge in [-0.05, 0) is 41.8 Å². The molecule has 170 valence electrons. The minimum Gasteiger partial charge on any atom is -0.496 e. The van der Waals surface area contributed by atoms with Gasteiger partial charge in [0.1, 0.15) is 17.4 Å². The Morgan fingerprint density at radius 1 is 1.15 bits per heavy atom. The summed E-state index contributed by atoms with van der Waals surface area (Å²) in [7, 11) is 1.41. The number of aromatic nitrogens is 1. The van der Waals surface area contributed by atoms with Gasteiger partial charge in [0.25, 0.3) is 11.8 Å². The Kier molecular flexibility index (Phi) is 6.28. The number of amidine groups is 1. The number of hydrogen-bond acceptors (Lipinski definition) is 5. The van der Waals surface area contributed by atoms with Crippen LogP contribution in [0.3, 0.4) is 0 Å². The number of nitrogens with two attached hydrogens (primary N) is 1. The highest BCUT2D eigenvalue weighted by Crippen LogP contribution is 2.31. The molecule has 1 aliphatic rings. The second-order valence-electron chi connectivity index (χ2n) is 7.76. The van der Waals surface area contributed by atoms with Crippen LogP contribution < -0.4 is 15.8 Å². The van der Waals surface area contributed by atoms with Gasteiger partial charge < -0.3 is 20.7 Å². The molecule has 3 aromatic rings. The lowest BCUT2D eigenvalue weighted by Gasteiger charge is -2.33. The summed E-state index contributed by atoms with van der Waals surface area (Å²) >= 11 is 0. The fourth-order valence-electron chi connectivity index (χ4n) is 3.66. The van der Waals surface area contributed by atoms with Crippen LogP contribution >= 0.6 is 0 Å². The molecule has 1 aliphatic heterocycles. The molecule has 0 atom stereocenters. The Morgan fingerprint density at radius 3 is 2.41 bits per heavy atom. The van der Waals surface area contributed by atoms with E-state index >= 15 is 0 Å². The van der Waals surface area contributed by atoms with E-state index in [4.69, 9.17) is 22.3 Å². The fraction of sp³-hybridized carbons (Fsp3) is 0.154. The number of terminal acetylenes is 1. The SMILES string of the molecule is C#Cc1ccc(NC(=O)c2cc(-c3ccc(C(=N)N4CCC4)cc3)cc(OC)c2C(N)=O)nc1. The summed E-state index contributed by atoms with van der Waals surface area (Å²) in [5.41, 5.74) is 8.45. The lowest BCUT2D eigenvalue weighted by atomic mass is 9.96. The van der Waals surface area contributed by atoms with Gasteiger partial charge in [-0.2, -0.15) is 0 Å². The van der Waals surface area contributed by atoms with Crippen LogP contribution in [-0.2, 0) is 0 Å². The number of rotatable bonds is 6. The maximum absolute atomic E-state index is 13.1. The van der Waals surface area contributed by atoms with Crippen LogP contribution in [0.4, 0.5) is 5.82 Å². The molecule has 0 spiro atoms. The van der Waals surface area contributed by atoms with Crippen molar-refractivity contribution < 1.29 is 14.3 Å². The lowest BCUT2D eigenvalue weighted by molar-refractivity contribution is 0.0974. The van der Waals surface area contributed by atoms with E-state index in [0.29, 0.717) is 17.0 Å². The second-order valence-corrected chi connectivity index (χ2v) is 7.76.